The highest BCUT2D eigenvalue weighted by Crippen LogP contribution is 2.24. The van der Waals surface area contributed by atoms with E-state index in [4.69, 9.17) is 22.6 Å². The zero-order valence-electron chi connectivity index (χ0n) is 12.4. The molecule has 116 valence electrons. The van der Waals surface area contributed by atoms with E-state index in [1.54, 1.807) is 4.52 Å². The number of hydrogen-bond acceptors (Lipinski definition) is 7. The minimum Gasteiger partial charge on any atom is -0.382 e. The number of nitrogen functional groups attached to an aromatic ring is 1. The topological polar surface area (TPSA) is 118 Å². The van der Waals surface area contributed by atoms with Gasteiger partial charge in [-0.2, -0.15) is 10.4 Å². The number of nitrogens with two attached hydrogens (primary N) is 1. The highest BCUT2D eigenvalue weighted by molar-refractivity contribution is 6.32. The third-order valence-electron chi connectivity index (χ3n) is 3.42. The standard InChI is InChI=1S/C14H13ClN8/c1-7-3-4-23-10(7)11(15)21-13(22-23)8(2)20-14-9(5-16)12(17)18-6-19-14/h3-4,6,8H,1-2H3,(H3,17,18,19,20). The summed E-state index contributed by atoms with van der Waals surface area (Å²) in [4.78, 5) is 12.2. The molecule has 0 amide bonds. The van der Waals surface area contributed by atoms with E-state index in [-0.39, 0.29) is 17.4 Å². The Kier molecular flexibility index (Phi) is 3.72. The van der Waals surface area contributed by atoms with Crippen LogP contribution >= 0.6 is 11.6 Å². The molecule has 0 spiro atoms. The van der Waals surface area contributed by atoms with Crippen LogP contribution in [0, 0.1) is 18.3 Å². The number of rotatable bonds is 3. The van der Waals surface area contributed by atoms with Crippen LogP contribution < -0.4 is 11.1 Å². The number of fused-ring (bicyclic) bond motifs is 1. The fourth-order valence-electron chi connectivity index (χ4n) is 2.22. The number of aromatic nitrogens is 5. The van der Waals surface area contributed by atoms with Crippen LogP contribution in [0.1, 0.15) is 29.9 Å². The van der Waals surface area contributed by atoms with Crippen LogP contribution in [0.4, 0.5) is 11.6 Å². The van der Waals surface area contributed by atoms with Gasteiger partial charge in [-0.25, -0.2) is 19.5 Å². The van der Waals surface area contributed by atoms with Gasteiger partial charge in [0.1, 0.15) is 35.1 Å². The van der Waals surface area contributed by atoms with Crippen molar-refractivity contribution in [2.45, 2.75) is 19.9 Å². The van der Waals surface area contributed by atoms with E-state index in [1.807, 2.05) is 32.2 Å². The van der Waals surface area contributed by atoms with E-state index < -0.39 is 0 Å². The molecule has 3 aromatic heterocycles. The van der Waals surface area contributed by atoms with Gasteiger partial charge >= 0.3 is 0 Å². The molecule has 3 rings (SSSR count). The molecular weight excluding hydrogens is 316 g/mol. The van der Waals surface area contributed by atoms with Crippen molar-refractivity contribution < 1.29 is 0 Å². The molecule has 1 unspecified atom stereocenters. The van der Waals surface area contributed by atoms with E-state index in [1.165, 1.54) is 6.33 Å². The monoisotopic (exact) mass is 328 g/mol. The second-order valence-corrected chi connectivity index (χ2v) is 5.37. The molecule has 0 aliphatic carbocycles. The molecule has 0 bridgehead atoms. The predicted octanol–water partition coefficient (Wildman–Crippen LogP) is 2.11. The van der Waals surface area contributed by atoms with E-state index in [0.717, 1.165) is 11.1 Å². The molecule has 8 nitrogen and oxygen atoms in total. The summed E-state index contributed by atoms with van der Waals surface area (Å²) < 4.78 is 1.68. The molecule has 3 aromatic rings. The Bertz CT molecular complexity index is 926. The maximum atomic E-state index is 9.16. The summed E-state index contributed by atoms with van der Waals surface area (Å²) in [7, 11) is 0. The number of nitriles is 1. The Balaban J connectivity index is 1.97. The van der Waals surface area contributed by atoms with Crippen LogP contribution in [0.5, 0.6) is 0 Å². The van der Waals surface area contributed by atoms with Crippen molar-refractivity contribution in [3.05, 3.63) is 40.7 Å². The van der Waals surface area contributed by atoms with Crippen molar-refractivity contribution in [2.24, 2.45) is 0 Å². The zero-order chi connectivity index (χ0) is 16.6. The number of aryl methyl sites for hydroxylation is 1. The van der Waals surface area contributed by atoms with Crippen molar-refractivity contribution in [1.29, 1.82) is 5.26 Å². The number of halogens is 1. The fourth-order valence-corrected chi connectivity index (χ4v) is 2.54. The van der Waals surface area contributed by atoms with Crippen molar-refractivity contribution in [2.75, 3.05) is 11.1 Å². The summed E-state index contributed by atoms with van der Waals surface area (Å²) in [5.41, 5.74) is 7.63. The first-order chi connectivity index (χ1) is 11.0. The first-order valence-corrected chi connectivity index (χ1v) is 7.17. The largest absolute Gasteiger partial charge is 0.382 e. The van der Waals surface area contributed by atoms with E-state index in [2.05, 4.69) is 25.4 Å². The number of nitrogens with zero attached hydrogens (tertiary/aromatic N) is 6. The van der Waals surface area contributed by atoms with Gasteiger partial charge in [-0.3, -0.25) is 0 Å². The van der Waals surface area contributed by atoms with Crippen molar-refractivity contribution in [3.63, 3.8) is 0 Å². The Morgan fingerprint density at radius 1 is 1.43 bits per heavy atom. The lowest BCUT2D eigenvalue weighted by molar-refractivity contribution is 0.726. The van der Waals surface area contributed by atoms with Crippen molar-refractivity contribution >= 4 is 28.8 Å². The Labute approximate surface area is 136 Å². The molecule has 3 heterocycles. The maximum absolute atomic E-state index is 9.16. The molecule has 1 atom stereocenters. The molecule has 0 fully saturated rings. The lowest BCUT2D eigenvalue weighted by atomic mass is 10.2. The van der Waals surface area contributed by atoms with Gasteiger partial charge in [0.05, 0.1) is 6.04 Å². The van der Waals surface area contributed by atoms with Gasteiger partial charge in [-0.1, -0.05) is 11.6 Å². The maximum Gasteiger partial charge on any atom is 0.172 e. The average molecular weight is 329 g/mol. The fraction of sp³-hybridized carbons (Fsp3) is 0.214. The Hall–Kier alpha value is -2.92. The van der Waals surface area contributed by atoms with Gasteiger partial charge in [0.2, 0.25) is 0 Å². The summed E-state index contributed by atoms with van der Waals surface area (Å²) in [6.07, 6.45) is 3.11. The van der Waals surface area contributed by atoms with E-state index in [0.29, 0.717) is 16.8 Å². The Morgan fingerprint density at radius 3 is 2.96 bits per heavy atom. The van der Waals surface area contributed by atoms with Gasteiger partial charge in [-0.15, -0.1) is 0 Å². The molecule has 9 heteroatoms. The average Bonchev–Trinajstić information content (AvgIpc) is 2.89. The Morgan fingerprint density at radius 2 is 2.22 bits per heavy atom. The minimum absolute atomic E-state index is 0.118. The summed E-state index contributed by atoms with van der Waals surface area (Å²) >= 11 is 6.24. The third-order valence-corrected chi connectivity index (χ3v) is 3.68. The van der Waals surface area contributed by atoms with Gasteiger partial charge in [-0.05, 0) is 25.5 Å². The van der Waals surface area contributed by atoms with E-state index >= 15 is 0 Å². The van der Waals surface area contributed by atoms with E-state index in [9.17, 15) is 0 Å². The van der Waals surface area contributed by atoms with Gasteiger partial charge in [0, 0.05) is 6.20 Å². The molecule has 0 saturated carbocycles. The SMILES string of the molecule is Cc1ccn2nc(C(C)Nc3ncnc(N)c3C#N)nc(Cl)c12. The predicted molar refractivity (Wildman–Crippen MR) is 85.9 cm³/mol. The summed E-state index contributed by atoms with van der Waals surface area (Å²) in [6.45, 7) is 3.78. The zero-order valence-corrected chi connectivity index (χ0v) is 13.2. The van der Waals surface area contributed by atoms with Gasteiger partial charge in [0.15, 0.2) is 11.0 Å². The first-order valence-electron chi connectivity index (χ1n) is 6.79. The van der Waals surface area contributed by atoms with Crippen LogP contribution in [0.3, 0.4) is 0 Å². The van der Waals surface area contributed by atoms with Crippen LogP contribution in [0.15, 0.2) is 18.6 Å². The second-order valence-electron chi connectivity index (χ2n) is 5.01. The lowest BCUT2D eigenvalue weighted by Gasteiger charge is -2.15. The van der Waals surface area contributed by atoms with Gasteiger partial charge in [0.25, 0.3) is 0 Å². The number of anilines is 2. The summed E-state index contributed by atoms with van der Waals surface area (Å²) in [5.74, 6) is 0.919. The van der Waals surface area contributed by atoms with Gasteiger partial charge < -0.3 is 11.1 Å². The summed E-state index contributed by atoms with van der Waals surface area (Å²) in [6, 6.07) is 3.56. The summed E-state index contributed by atoms with van der Waals surface area (Å²) in [5, 5.41) is 17.0. The first kappa shape index (κ1) is 15.0. The van der Waals surface area contributed by atoms with Crippen LogP contribution in [-0.4, -0.2) is 24.6 Å². The number of nitrogens with one attached hydrogen (secondary N) is 1. The normalized spacial score (nSPS) is 12.1. The highest BCUT2D eigenvalue weighted by atomic mass is 35.5. The quantitative estimate of drug-likeness (QED) is 0.755. The lowest BCUT2D eigenvalue weighted by Crippen LogP contribution is -2.15. The smallest absolute Gasteiger partial charge is 0.172 e. The van der Waals surface area contributed by atoms with Crippen LogP contribution in [-0.2, 0) is 0 Å². The molecule has 3 N–H and O–H groups in total. The van der Waals surface area contributed by atoms with Crippen LogP contribution in [0.2, 0.25) is 5.15 Å². The van der Waals surface area contributed by atoms with Crippen molar-refractivity contribution in [1.82, 2.24) is 24.6 Å². The third kappa shape index (κ3) is 2.62. The molecule has 0 aliphatic rings. The number of hydrogen-bond donors (Lipinski definition) is 2. The highest BCUT2D eigenvalue weighted by Gasteiger charge is 2.17. The molecule has 0 aromatic carbocycles. The minimum atomic E-state index is -0.332. The second kappa shape index (κ2) is 5.70. The van der Waals surface area contributed by atoms with Crippen LogP contribution in [0.25, 0.3) is 5.52 Å². The molecule has 0 radical (unpaired) electrons. The molecular formula is C14H13ClN8. The molecule has 0 saturated heterocycles. The molecule has 23 heavy (non-hydrogen) atoms. The molecule has 0 aliphatic heterocycles. The van der Waals surface area contributed by atoms with Crippen molar-refractivity contribution in [3.8, 4) is 6.07 Å².